The van der Waals surface area contributed by atoms with E-state index < -0.39 is 0 Å². The molecule has 1 aromatic heterocycles. The summed E-state index contributed by atoms with van der Waals surface area (Å²) in [4.78, 5) is 23.4. The number of aryl methyl sites for hydroxylation is 1. The maximum absolute atomic E-state index is 12.2. The number of fused-ring (bicyclic) bond motifs is 1. The quantitative estimate of drug-likeness (QED) is 0.274. The van der Waals surface area contributed by atoms with E-state index in [0.717, 1.165) is 53.4 Å². The number of hydrogen-bond acceptors (Lipinski definition) is 7. The lowest BCUT2D eigenvalue weighted by Gasteiger charge is -2.16. The topological polar surface area (TPSA) is 90.7 Å². The average Bonchev–Trinajstić information content (AvgIpc) is 3.29. The minimum Gasteiger partial charge on any atom is -0.507 e. The molecule has 3 aromatic rings. The molecule has 30 heavy (non-hydrogen) atoms. The van der Waals surface area contributed by atoms with Crippen LogP contribution in [0.25, 0.3) is 10.8 Å². The number of benzene rings is 2. The second kappa shape index (κ2) is 9.13. The molecule has 1 amide bonds. The molecular weight excluding hydrogens is 398 g/mol. The third-order valence-corrected chi connectivity index (χ3v) is 5.80. The molecule has 0 aliphatic carbocycles. The van der Waals surface area contributed by atoms with E-state index in [2.05, 4.69) is 25.4 Å². The Labute approximate surface area is 179 Å². The average molecular weight is 422 g/mol. The molecule has 1 fully saturated rings. The minimum atomic E-state index is -0.240. The molecule has 2 N–H and O–H groups in total. The van der Waals surface area contributed by atoms with Crippen molar-refractivity contribution in [3.63, 3.8) is 0 Å². The fraction of sp³-hybridized carbons (Fsp3) is 0.273. The summed E-state index contributed by atoms with van der Waals surface area (Å²) in [6.45, 7) is 3.89. The Morgan fingerprint density at radius 3 is 2.87 bits per heavy atom. The zero-order chi connectivity index (χ0) is 20.9. The van der Waals surface area contributed by atoms with Crippen molar-refractivity contribution in [1.29, 1.82) is 0 Å². The van der Waals surface area contributed by atoms with Gasteiger partial charge in [0.1, 0.15) is 10.8 Å². The number of amides is 1. The number of nitrogens with one attached hydrogen (secondary N) is 1. The molecule has 1 saturated heterocycles. The van der Waals surface area contributed by atoms with Crippen LogP contribution in [0.4, 0.5) is 5.95 Å². The van der Waals surface area contributed by atoms with Crippen LogP contribution in [-0.2, 0) is 4.79 Å². The highest BCUT2D eigenvalue weighted by Crippen LogP contribution is 2.27. The molecule has 0 saturated carbocycles. The number of carbonyl (C=O) groups is 1. The standard InChI is InChI=1S/C22H23N5O2S/c1-15-12-20(25-22(24-15)27-10-4-5-11-27)30-14-19(28)26-23-13-17-9-8-16-6-2-3-7-18(16)21(17)29/h2-3,6-9,12-13,29H,4-5,10-11,14H2,1H3,(H,26,28)/b23-13+. The van der Waals surface area contributed by atoms with Crippen LogP contribution < -0.4 is 10.3 Å². The number of nitrogens with zero attached hydrogens (tertiary/aromatic N) is 4. The molecule has 4 rings (SSSR count). The molecule has 0 radical (unpaired) electrons. The lowest BCUT2D eigenvalue weighted by molar-refractivity contribution is -0.118. The molecule has 0 unspecified atom stereocenters. The second-order valence-electron chi connectivity index (χ2n) is 7.15. The Hall–Kier alpha value is -3.13. The van der Waals surface area contributed by atoms with Gasteiger partial charge in [-0.25, -0.2) is 15.4 Å². The molecular formula is C22H23N5O2S. The van der Waals surface area contributed by atoms with E-state index in [-0.39, 0.29) is 17.4 Å². The Kier molecular flexibility index (Phi) is 6.13. The molecule has 7 nitrogen and oxygen atoms in total. The van der Waals surface area contributed by atoms with E-state index >= 15 is 0 Å². The van der Waals surface area contributed by atoms with Crippen molar-refractivity contribution < 1.29 is 9.90 Å². The normalized spacial score (nSPS) is 14.0. The molecule has 1 aliphatic heterocycles. The van der Waals surface area contributed by atoms with Crippen molar-refractivity contribution >= 4 is 40.6 Å². The summed E-state index contributed by atoms with van der Waals surface area (Å²) in [6.07, 6.45) is 3.77. The second-order valence-corrected chi connectivity index (χ2v) is 8.14. The zero-order valence-corrected chi connectivity index (χ0v) is 17.5. The maximum atomic E-state index is 12.2. The highest BCUT2D eigenvalue weighted by Gasteiger charge is 2.16. The van der Waals surface area contributed by atoms with Gasteiger partial charge in [0.15, 0.2) is 0 Å². The van der Waals surface area contributed by atoms with Gasteiger partial charge in [-0.1, -0.05) is 42.1 Å². The van der Waals surface area contributed by atoms with Gasteiger partial charge in [-0.3, -0.25) is 4.79 Å². The molecule has 154 valence electrons. The van der Waals surface area contributed by atoms with E-state index in [9.17, 15) is 9.90 Å². The summed E-state index contributed by atoms with van der Waals surface area (Å²) < 4.78 is 0. The molecule has 8 heteroatoms. The van der Waals surface area contributed by atoms with Gasteiger partial charge < -0.3 is 10.0 Å². The van der Waals surface area contributed by atoms with Crippen molar-refractivity contribution in [2.75, 3.05) is 23.7 Å². The predicted molar refractivity (Wildman–Crippen MR) is 120 cm³/mol. The summed E-state index contributed by atoms with van der Waals surface area (Å²) >= 11 is 1.35. The lowest BCUT2D eigenvalue weighted by atomic mass is 10.1. The van der Waals surface area contributed by atoms with Crippen LogP contribution >= 0.6 is 11.8 Å². The van der Waals surface area contributed by atoms with Crippen molar-refractivity contribution in [1.82, 2.24) is 15.4 Å². The predicted octanol–water partition coefficient (Wildman–Crippen LogP) is 3.49. The number of phenolic OH excluding ortho intramolecular Hbond substituents is 1. The van der Waals surface area contributed by atoms with Gasteiger partial charge in [0.2, 0.25) is 11.9 Å². The number of thioether (sulfide) groups is 1. The van der Waals surface area contributed by atoms with E-state index in [1.807, 2.05) is 43.3 Å². The van der Waals surface area contributed by atoms with Gasteiger partial charge in [-0.15, -0.1) is 0 Å². The highest BCUT2D eigenvalue weighted by atomic mass is 32.2. The number of hydrogen-bond donors (Lipinski definition) is 2. The fourth-order valence-corrected chi connectivity index (χ4v) is 4.12. The SMILES string of the molecule is Cc1cc(SCC(=O)N/N=C/c2ccc3ccccc3c2O)nc(N2CCCC2)n1. The van der Waals surface area contributed by atoms with Crippen molar-refractivity contribution in [2.24, 2.45) is 5.10 Å². The van der Waals surface area contributed by atoms with Crippen LogP contribution in [0, 0.1) is 6.92 Å². The molecule has 0 spiro atoms. The summed E-state index contributed by atoms with van der Waals surface area (Å²) in [5.41, 5.74) is 3.94. The first-order chi connectivity index (χ1) is 14.6. The number of hydrazone groups is 1. The monoisotopic (exact) mass is 421 g/mol. The summed E-state index contributed by atoms with van der Waals surface area (Å²) in [7, 11) is 0. The van der Waals surface area contributed by atoms with E-state index in [4.69, 9.17) is 0 Å². The number of phenols is 1. The Balaban J connectivity index is 1.35. The lowest BCUT2D eigenvalue weighted by Crippen LogP contribution is -2.21. The Bertz CT molecular complexity index is 1100. The summed E-state index contributed by atoms with van der Waals surface area (Å²) in [5.74, 6) is 0.832. The maximum Gasteiger partial charge on any atom is 0.250 e. The molecule has 2 heterocycles. The number of aromatic nitrogens is 2. The smallest absolute Gasteiger partial charge is 0.250 e. The van der Waals surface area contributed by atoms with E-state index in [0.29, 0.717) is 5.56 Å². The van der Waals surface area contributed by atoms with Crippen molar-refractivity contribution in [3.8, 4) is 5.75 Å². The van der Waals surface area contributed by atoms with Crippen LogP contribution in [0.2, 0.25) is 0 Å². The Morgan fingerprint density at radius 2 is 2.03 bits per heavy atom. The summed E-state index contributed by atoms with van der Waals surface area (Å²) in [5, 5.41) is 16.8. The zero-order valence-electron chi connectivity index (χ0n) is 16.7. The summed E-state index contributed by atoms with van der Waals surface area (Å²) in [6, 6.07) is 13.1. The third-order valence-electron chi connectivity index (χ3n) is 4.88. The number of anilines is 1. The van der Waals surface area contributed by atoms with Crippen LogP contribution in [0.1, 0.15) is 24.1 Å². The van der Waals surface area contributed by atoms with Crippen molar-refractivity contribution in [2.45, 2.75) is 24.8 Å². The van der Waals surface area contributed by atoms with Gasteiger partial charge in [-0.2, -0.15) is 5.10 Å². The number of rotatable bonds is 6. The fourth-order valence-electron chi connectivity index (χ4n) is 3.38. The molecule has 0 bridgehead atoms. The van der Waals surface area contributed by atoms with E-state index in [1.165, 1.54) is 18.0 Å². The van der Waals surface area contributed by atoms with E-state index in [1.54, 1.807) is 6.07 Å². The first kappa shape index (κ1) is 20.2. The molecule has 2 aromatic carbocycles. The van der Waals surface area contributed by atoms with Gasteiger partial charge in [-0.05, 0) is 37.3 Å². The van der Waals surface area contributed by atoms with Crippen LogP contribution in [0.15, 0.2) is 52.6 Å². The minimum absolute atomic E-state index is 0.145. The number of carbonyl (C=O) groups excluding carboxylic acids is 1. The molecule has 0 atom stereocenters. The van der Waals surface area contributed by atoms with Gasteiger partial charge >= 0.3 is 0 Å². The first-order valence-electron chi connectivity index (χ1n) is 9.86. The first-order valence-corrected chi connectivity index (χ1v) is 10.8. The highest BCUT2D eigenvalue weighted by molar-refractivity contribution is 7.99. The molecule has 1 aliphatic rings. The Morgan fingerprint density at radius 1 is 1.23 bits per heavy atom. The number of aromatic hydroxyl groups is 1. The van der Waals surface area contributed by atoms with Crippen LogP contribution in [0.5, 0.6) is 5.75 Å². The van der Waals surface area contributed by atoms with Gasteiger partial charge in [0.05, 0.1) is 12.0 Å². The largest absolute Gasteiger partial charge is 0.507 e. The van der Waals surface area contributed by atoms with Crippen LogP contribution in [0.3, 0.4) is 0 Å². The van der Waals surface area contributed by atoms with Gasteiger partial charge in [0, 0.05) is 29.7 Å². The van der Waals surface area contributed by atoms with Gasteiger partial charge in [0.25, 0.3) is 0 Å². The van der Waals surface area contributed by atoms with Crippen molar-refractivity contribution in [3.05, 3.63) is 53.7 Å². The van der Waals surface area contributed by atoms with Crippen LogP contribution in [-0.4, -0.2) is 46.0 Å². The third kappa shape index (κ3) is 4.71.